The smallest absolute Gasteiger partial charge is 0.133 e. The van der Waals surface area contributed by atoms with Gasteiger partial charge in [0.25, 0.3) is 0 Å². The Hall–Kier alpha value is 0.140. The summed E-state index contributed by atoms with van der Waals surface area (Å²) in [7, 11) is 0. The highest BCUT2D eigenvalue weighted by molar-refractivity contribution is 9.10. The van der Waals surface area contributed by atoms with E-state index in [-0.39, 0.29) is 0 Å². The molecule has 0 heterocycles. The molecular formula is C11H14BrClOS. The Kier molecular flexibility index (Phi) is 6.53. The molecule has 1 aromatic rings. The Morgan fingerprint density at radius 2 is 2.27 bits per heavy atom. The summed E-state index contributed by atoms with van der Waals surface area (Å²) in [5.41, 5.74) is 1.10. The second-order valence-electron chi connectivity index (χ2n) is 3.09. The van der Waals surface area contributed by atoms with Crippen molar-refractivity contribution < 1.29 is 4.74 Å². The lowest BCUT2D eigenvalue weighted by Crippen LogP contribution is -1.99. The van der Waals surface area contributed by atoms with Gasteiger partial charge >= 0.3 is 0 Å². The van der Waals surface area contributed by atoms with Gasteiger partial charge in [0.1, 0.15) is 5.75 Å². The van der Waals surface area contributed by atoms with Crippen molar-refractivity contribution in [2.75, 3.05) is 18.6 Å². The van der Waals surface area contributed by atoms with Crippen LogP contribution in [0.5, 0.6) is 5.75 Å². The van der Waals surface area contributed by atoms with Crippen molar-refractivity contribution in [3.8, 4) is 5.75 Å². The number of hydrogen-bond donors (Lipinski definition) is 0. The summed E-state index contributed by atoms with van der Waals surface area (Å²) in [5, 5.41) is 0. The van der Waals surface area contributed by atoms with E-state index in [9.17, 15) is 0 Å². The number of ether oxygens (including phenoxy) is 1. The zero-order valence-corrected chi connectivity index (χ0v) is 11.8. The Bertz CT molecular complexity index is 307. The second-order valence-corrected chi connectivity index (χ2v) is 5.20. The highest BCUT2D eigenvalue weighted by Crippen LogP contribution is 2.26. The first-order valence-corrected chi connectivity index (χ1v) is 7.46. The molecule has 1 nitrogen and oxygen atoms in total. The predicted molar refractivity (Wildman–Crippen MR) is 72.2 cm³/mol. The van der Waals surface area contributed by atoms with Crippen molar-refractivity contribution in [2.45, 2.75) is 12.3 Å². The van der Waals surface area contributed by atoms with Gasteiger partial charge in [0, 0.05) is 5.88 Å². The third-order valence-corrected chi connectivity index (χ3v) is 3.53. The maximum atomic E-state index is 5.73. The fourth-order valence-corrected chi connectivity index (χ4v) is 2.24. The first-order chi connectivity index (χ1) is 7.27. The molecule has 1 aromatic carbocycles. The molecule has 0 radical (unpaired) electrons. The van der Waals surface area contributed by atoms with Crippen LogP contribution in [-0.2, 0) is 5.88 Å². The molecule has 0 aromatic heterocycles. The summed E-state index contributed by atoms with van der Waals surface area (Å²) in [6, 6.07) is 5.94. The zero-order valence-electron chi connectivity index (χ0n) is 8.63. The van der Waals surface area contributed by atoms with Crippen molar-refractivity contribution in [1.29, 1.82) is 0 Å². The number of hydrogen-bond acceptors (Lipinski definition) is 2. The molecule has 0 saturated heterocycles. The van der Waals surface area contributed by atoms with E-state index >= 15 is 0 Å². The van der Waals surface area contributed by atoms with Crippen LogP contribution in [-0.4, -0.2) is 18.6 Å². The molecule has 0 aliphatic rings. The molecule has 0 aliphatic heterocycles. The lowest BCUT2D eigenvalue weighted by Gasteiger charge is -2.08. The van der Waals surface area contributed by atoms with Crippen LogP contribution in [0, 0.1) is 0 Å². The van der Waals surface area contributed by atoms with Crippen LogP contribution in [0.4, 0.5) is 0 Å². The van der Waals surface area contributed by atoms with Crippen LogP contribution < -0.4 is 4.74 Å². The predicted octanol–water partition coefficient (Wildman–Crippen LogP) is 4.32. The second kappa shape index (κ2) is 7.42. The monoisotopic (exact) mass is 308 g/mol. The van der Waals surface area contributed by atoms with E-state index in [1.54, 1.807) is 0 Å². The van der Waals surface area contributed by atoms with Gasteiger partial charge in [-0.05, 0) is 52.1 Å². The van der Waals surface area contributed by atoms with Gasteiger partial charge in [-0.3, -0.25) is 0 Å². The highest BCUT2D eigenvalue weighted by Gasteiger charge is 2.01. The van der Waals surface area contributed by atoms with Crippen LogP contribution >= 0.6 is 39.3 Å². The Labute approximate surface area is 109 Å². The molecule has 0 atom stereocenters. The van der Waals surface area contributed by atoms with Gasteiger partial charge in [0.05, 0.1) is 11.1 Å². The van der Waals surface area contributed by atoms with Gasteiger partial charge in [0.15, 0.2) is 0 Å². The number of thioether (sulfide) groups is 1. The average Bonchev–Trinajstić information content (AvgIpc) is 2.26. The average molecular weight is 310 g/mol. The van der Waals surface area contributed by atoms with Crippen molar-refractivity contribution in [2.24, 2.45) is 0 Å². The Morgan fingerprint density at radius 1 is 1.47 bits per heavy atom. The molecule has 1 rings (SSSR count). The summed E-state index contributed by atoms with van der Waals surface area (Å²) in [4.78, 5) is 0. The lowest BCUT2D eigenvalue weighted by molar-refractivity contribution is 0.317. The summed E-state index contributed by atoms with van der Waals surface area (Å²) in [5.74, 6) is 2.56. The summed E-state index contributed by atoms with van der Waals surface area (Å²) in [6.45, 7) is 0.764. The van der Waals surface area contributed by atoms with Crippen LogP contribution in [0.25, 0.3) is 0 Å². The zero-order chi connectivity index (χ0) is 11.1. The molecule has 0 unspecified atom stereocenters. The largest absolute Gasteiger partial charge is 0.492 e. The normalized spacial score (nSPS) is 10.3. The number of benzene rings is 1. The standard InChI is InChI=1S/C11H14BrClOS/c1-15-6-2-5-14-11-4-3-9(8-13)7-10(11)12/h3-4,7H,2,5-6,8H2,1H3. The summed E-state index contributed by atoms with van der Waals surface area (Å²) >= 11 is 11.0. The van der Waals surface area contributed by atoms with Gasteiger partial charge in [-0.1, -0.05) is 6.07 Å². The Morgan fingerprint density at radius 3 is 2.87 bits per heavy atom. The highest BCUT2D eigenvalue weighted by atomic mass is 79.9. The fourth-order valence-electron chi connectivity index (χ4n) is 1.13. The molecule has 0 bridgehead atoms. The van der Waals surface area contributed by atoms with E-state index in [0.29, 0.717) is 5.88 Å². The van der Waals surface area contributed by atoms with Crippen molar-refractivity contribution >= 4 is 39.3 Å². The van der Waals surface area contributed by atoms with Crippen molar-refractivity contribution in [3.63, 3.8) is 0 Å². The molecule has 4 heteroatoms. The van der Waals surface area contributed by atoms with Crippen LogP contribution in [0.2, 0.25) is 0 Å². The summed E-state index contributed by atoms with van der Waals surface area (Å²) in [6.07, 6.45) is 3.18. The molecule has 0 amide bonds. The Balaban J connectivity index is 2.47. The molecule has 0 N–H and O–H groups in total. The molecular weight excluding hydrogens is 296 g/mol. The topological polar surface area (TPSA) is 9.23 Å². The van der Waals surface area contributed by atoms with Gasteiger partial charge in [-0.15, -0.1) is 11.6 Å². The number of alkyl halides is 1. The van der Waals surface area contributed by atoms with E-state index < -0.39 is 0 Å². The minimum atomic E-state index is 0.533. The lowest BCUT2D eigenvalue weighted by atomic mass is 10.2. The quantitative estimate of drug-likeness (QED) is 0.572. The molecule has 0 aliphatic carbocycles. The SMILES string of the molecule is CSCCCOc1ccc(CCl)cc1Br. The summed E-state index contributed by atoms with van der Waals surface area (Å²) < 4.78 is 6.61. The molecule has 84 valence electrons. The van der Waals surface area contributed by atoms with Crippen LogP contribution in [0.15, 0.2) is 22.7 Å². The third-order valence-electron chi connectivity index (χ3n) is 1.90. The first-order valence-electron chi connectivity index (χ1n) is 4.74. The van der Waals surface area contributed by atoms with Crippen molar-refractivity contribution in [1.82, 2.24) is 0 Å². The van der Waals surface area contributed by atoms with Gasteiger partial charge in [-0.25, -0.2) is 0 Å². The molecule has 15 heavy (non-hydrogen) atoms. The fraction of sp³-hybridized carbons (Fsp3) is 0.455. The van der Waals surface area contributed by atoms with Crippen molar-refractivity contribution in [3.05, 3.63) is 28.2 Å². The van der Waals surface area contributed by atoms with E-state index in [0.717, 1.165) is 34.6 Å². The van der Waals surface area contributed by atoms with Gasteiger partial charge in [-0.2, -0.15) is 11.8 Å². The minimum Gasteiger partial charge on any atom is -0.492 e. The maximum Gasteiger partial charge on any atom is 0.133 e. The number of halogens is 2. The molecule has 0 saturated carbocycles. The van der Waals surface area contributed by atoms with Gasteiger partial charge < -0.3 is 4.74 Å². The van der Waals surface area contributed by atoms with E-state index in [2.05, 4.69) is 22.2 Å². The van der Waals surface area contributed by atoms with Gasteiger partial charge in [0.2, 0.25) is 0 Å². The minimum absolute atomic E-state index is 0.533. The van der Waals surface area contributed by atoms with Crippen LogP contribution in [0.3, 0.4) is 0 Å². The third kappa shape index (κ3) is 4.66. The molecule has 0 spiro atoms. The van der Waals surface area contributed by atoms with Crippen LogP contribution in [0.1, 0.15) is 12.0 Å². The maximum absolute atomic E-state index is 5.73. The van der Waals surface area contributed by atoms with E-state index in [1.165, 1.54) is 0 Å². The first kappa shape index (κ1) is 13.2. The molecule has 0 fully saturated rings. The van der Waals surface area contributed by atoms with E-state index in [1.807, 2.05) is 30.0 Å². The number of rotatable bonds is 6. The van der Waals surface area contributed by atoms with E-state index in [4.69, 9.17) is 16.3 Å².